The average molecular weight is 282 g/mol. The van der Waals surface area contributed by atoms with Crippen molar-refractivity contribution in [1.82, 2.24) is 4.98 Å². The molecule has 0 radical (unpaired) electrons. The molecule has 1 fully saturated rings. The summed E-state index contributed by atoms with van der Waals surface area (Å²) < 4.78 is 0. The summed E-state index contributed by atoms with van der Waals surface area (Å²) in [6, 6.07) is 8.59. The number of aromatic nitrogens is 1. The van der Waals surface area contributed by atoms with Crippen molar-refractivity contribution in [3.63, 3.8) is 0 Å². The lowest BCUT2D eigenvalue weighted by molar-refractivity contribution is 0.203. The van der Waals surface area contributed by atoms with Gasteiger partial charge in [-0.25, -0.2) is 0 Å². The van der Waals surface area contributed by atoms with Crippen molar-refractivity contribution in [3.8, 4) is 0 Å². The molecule has 0 aliphatic heterocycles. The number of nitrogens with zero attached hydrogens (tertiary/aromatic N) is 1. The Labute approximate surface area is 127 Å². The fraction of sp³-hybridized carbons (Fsp3) is 0.526. The molecule has 2 nitrogen and oxygen atoms in total. The van der Waals surface area contributed by atoms with Crippen LogP contribution in [0.15, 0.2) is 36.7 Å². The zero-order chi connectivity index (χ0) is 14.9. The molecular formula is C19H26N2. The van der Waals surface area contributed by atoms with Gasteiger partial charge in [0.15, 0.2) is 0 Å². The Balaban J connectivity index is 1.96. The van der Waals surface area contributed by atoms with Gasteiger partial charge >= 0.3 is 0 Å². The highest BCUT2D eigenvalue weighted by Crippen LogP contribution is 2.42. The van der Waals surface area contributed by atoms with Crippen molar-refractivity contribution >= 4 is 10.8 Å². The molecule has 0 saturated heterocycles. The van der Waals surface area contributed by atoms with Crippen LogP contribution in [0.1, 0.15) is 51.5 Å². The first-order valence-corrected chi connectivity index (χ1v) is 8.20. The highest BCUT2D eigenvalue weighted by Gasteiger charge is 2.35. The molecule has 0 amide bonds. The Morgan fingerprint density at radius 3 is 3.00 bits per heavy atom. The Morgan fingerprint density at radius 2 is 2.19 bits per heavy atom. The summed E-state index contributed by atoms with van der Waals surface area (Å²) in [4.78, 5) is 4.24. The van der Waals surface area contributed by atoms with Crippen molar-refractivity contribution in [2.45, 2.75) is 51.5 Å². The zero-order valence-electron chi connectivity index (χ0n) is 13.2. The fourth-order valence-electron chi connectivity index (χ4n) is 4.09. The summed E-state index contributed by atoms with van der Waals surface area (Å²) >= 11 is 0. The molecule has 3 rings (SSSR count). The smallest absolute Gasteiger partial charge is 0.0418 e. The molecular weight excluding hydrogens is 256 g/mol. The lowest BCUT2D eigenvalue weighted by atomic mass is 9.70. The van der Waals surface area contributed by atoms with E-state index >= 15 is 0 Å². The highest BCUT2D eigenvalue weighted by atomic mass is 14.8. The first-order valence-electron chi connectivity index (χ1n) is 8.20. The van der Waals surface area contributed by atoms with Gasteiger partial charge in [-0.15, -0.1) is 0 Å². The van der Waals surface area contributed by atoms with E-state index < -0.39 is 0 Å². The second-order valence-electron chi connectivity index (χ2n) is 7.15. The van der Waals surface area contributed by atoms with Gasteiger partial charge in [0.05, 0.1) is 0 Å². The maximum absolute atomic E-state index is 6.89. The predicted molar refractivity (Wildman–Crippen MR) is 89.0 cm³/mol. The first-order chi connectivity index (χ1) is 10.1. The number of fused-ring (bicyclic) bond motifs is 1. The standard InChI is InChI=1S/C19H26N2/c1-14(2)11-15-5-4-9-19(20,12-15)18-7-3-6-16-13-21-10-8-17(16)18/h3,6-8,10,13-15H,4-5,9,11-12,20H2,1-2H3. The second kappa shape index (κ2) is 5.76. The molecule has 21 heavy (non-hydrogen) atoms. The quantitative estimate of drug-likeness (QED) is 0.891. The maximum Gasteiger partial charge on any atom is 0.0418 e. The van der Waals surface area contributed by atoms with E-state index in [1.165, 1.54) is 35.6 Å². The molecule has 2 unspecified atom stereocenters. The van der Waals surface area contributed by atoms with Crippen LogP contribution in [0.25, 0.3) is 10.8 Å². The third kappa shape index (κ3) is 2.96. The monoisotopic (exact) mass is 282 g/mol. The summed E-state index contributed by atoms with van der Waals surface area (Å²) in [6.45, 7) is 4.63. The predicted octanol–water partition coefficient (Wildman–Crippen LogP) is 4.63. The molecule has 1 aromatic heterocycles. The van der Waals surface area contributed by atoms with Crippen LogP contribution in [-0.4, -0.2) is 4.98 Å². The second-order valence-corrected chi connectivity index (χ2v) is 7.15. The number of nitrogens with two attached hydrogens (primary N) is 1. The van der Waals surface area contributed by atoms with E-state index in [2.05, 4.69) is 43.1 Å². The van der Waals surface area contributed by atoms with Gasteiger partial charge in [0.25, 0.3) is 0 Å². The van der Waals surface area contributed by atoms with Crippen LogP contribution >= 0.6 is 0 Å². The van der Waals surface area contributed by atoms with E-state index in [9.17, 15) is 0 Å². The summed E-state index contributed by atoms with van der Waals surface area (Å²) in [5.74, 6) is 1.52. The number of hydrogen-bond donors (Lipinski definition) is 1. The normalized spacial score (nSPS) is 26.4. The van der Waals surface area contributed by atoms with Crippen LogP contribution in [0.3, 0.4) is 0 Å². The summed E-state index contributed by atoms with van der Waals surface area (Å²) in [5.41, 5.74) is 8.04. The third-order valence-electron chi connectivity index (χ3n) is 4.91. The minimum absolute atomic E-state index is 0.168. The van der Waals surface area contributed by atoms with Crippen LogP contribution in [-0.2, 0) is 5.54 Å². The van der Waals surface area contributed by atoms with Gasteiger partial charge in [-0.05, 0) is 48.1 Å². The fourth-order valence-corrected chi connectivity index (χ4v) is 4.09. The van der Waals surface area contributed by atoms with E-state index in [0.717, 1.165) is 24.7 Å². The number of hydrogen-bond acceptors (Lipinski definition) is 2. The minimum atomic E-state index is -0.168. The van der Waals surface area contributed by atoms with Gasteiger partial charge in [0.2, 0.25) is 0 Å². The average Bonchev–Trinajstić information content (AvgIpc) is 2.46. The molecule has 1 aromatic carbocycles. The van der Waals surface area contributed by atoms with Gasteiger partial charge in [0, 0.05) is 23.3 Å². The minimum Gasteiger partial charge on any atom is -0.321 e. The zero-order valence-corrected chi connectivity index (χ0v) is 13.2. The van der Waals surface area contributed by atoms with Crippen molar-refractivity contribution in [2.24, 2.45) is 17.6 Å². The summed E-state index contributed by atoms with van der Waals surface area (Å²) in [7, 11) is 0. The van der Waals surface area contributed by atoms with Gasteiger partial charge < -0.3 is 5.73 Å². The Kier molecular flexibility index (Phi) is 3.99. The van der Waals surface area contributed by atoms with E-state index in [1.807, 2.05) is 12.4 Å². The molecule has 2 N–H and O–H groups in total. The topological polar surface area (TPSA) is 38.9 Å². The van der Waals surface area contributed by atoms with Gasteiger partial charge in [-0.2, -0.15) is 0 Å². The number of pyridine rings is 1. The van der Waals surface area contributed by atoms with E-state index in [1.54, 1.807) is 0 Å². The largest absolute Gasteiger partial charge is 0.321 e. The molecule has 2 aromatic rings. The molecule has 2 heteroatoms. The van der Waals surface area contributed by atoms with Crippen LogP contribution in [0.2, 0.25) is 0 Å². The van der Waals surface area contributed by atoms with E-state index in [4.69, 9.17) is 5.73 Å². The lowest BCUT2D eigenvalue weighted by Gasteiger charge is -2.39. The molecule has 2 atom stereocenters. The van der Waals surface area contributed by atoms with Crippen molar-refractivity contribution < 1.29 is 0 Å². The van der Waals surface area contributed by atoms with Crippen molar-refractivity contribution in [1.29, 1.82) is 0 Å². The number of rotatable bonds is 3. The first kappa shape index (κ1) is 14.5. The lowest BCUT2D eigenvalue weighted by Crippen LogP contribution is -2.41. The SMILES string of the molecule is CC(C)CC1CCCC(N)(c2cccc3cnccc23)C1. The molecule has 1 aliphatic carbocycles. The van der Waals surface area contributed by atoms with Crippen LogP contribution in [0.5, 0.6) is 0 Å². The Hall–Kier alpha value is -1.41. The summed E-state index contributed by atoms with van der Waals surface area (Å²) in [6.07, 6.45) is 9.92. The molecule has 1 heterocycles. The molecule has 0 bridgehead atoms. The van der Waals surface area contributed by atoms with Crippen LogP contribution < -0.4 is 5.73 Å². The van der Waals surface area contributed by atoms with Gasteiger partial charge in [-0.3, -0.25) is 4.98 Å². The van der Waals surface area contributed by atoms with Gasteiger partial charge in [0.1, 0.15) is 0 Å². The molecule has 1 aliphatic rings. The van der Waals surface area contributed by atoms with Crippen LogP contribution in [0, 0.1) is 11.8 Å². The maximum atomic E-state index is 6.89. The molecule has 0 spiro atoms. The van der Waals surface area contributed by atoms with Crippen molar-refractivity contribution in [3.05, 3.63) is 42.2 Å². The molecule has 1 saturated carbocycles. The third-order valence-corrected chi connectivity index (χ3v) is 4.91. The van der Waals surface area contributed by atoms with E-state index in [-0.39, 0.29) is 5.54 Å². The molecule has 112 valence electrons. The van der Waals surface area contributed by atoms with E-state index in [0.29, 0.717) is 0 Å². The Morgan fingerprint density at radius 1 is 1.33 bits per heavy atom. The summed E-state index contributed by atoms with van der Waals surface area (Å²) in [5, 5.41) is 2.48. The van der Waals surface area contributed by atoms with Crippen LogP contribution in [0.4, 0.5) is 0 Å². The highest BCUT2D eigenvalue weighted by molar-refractivity contribution is 5.85. The van der Waals surface area contributed by atoms with Gasteiger partial charge in [-0.1, -0.05) is 44.9 Å². The Bertz CT molecular complexity index is 614. The number of benzene rings is 1. The van der Waals surface area contributed by atoms with Crippen molar-refractivity contribution in [2.75, 3.05) is 0 Å².